The Morgan fingerprint density at radius 2 is 1.57 bits per heavy atom. The molecular weight excluding hydrogens is 536 g/mol. The zero-order chi connectivity index (χ0) is 29.7. The monoisotopic (exact) mass is 578 g/mol. The van der Waals surface area contributed by atoms with E-state index in [2.05, 4.69) is 53.3 Å². The quantitative estimate of drug-likeness (QED) is 0.341. The van der Waals surface area contributed by atoms with Crippen LogP contribution in [0.2, 0.25) is 0 Å². The number of amides is 5. The molecule has 5 amide bonds. The third-order valence-electron chi connectivity index (χ3n) is 6.05. The maximum Gasteiger partial charge on any atom is 0.339 e. The van der Waals surface area contributed by atoms with Crippen molar-refractivity contribution in [3.63, 3.8) is 0 Å². The molecule has 0 aromatic heterocycles. The number of thioether (sulfide) groups is 1. The molecular formula is C25H42N10O4S. The predicted octanol–water partition coefficient (Wildman–Crippen LogP) is 1.70. The van der Waals surface area contributed by atoms with Crippen molar-refractivity contribution < 1.29 is 19.1 Å². The van der Waals surface area contributed by atoms with Gasteiger partial charge in [-0.1, -0.05) is 11.8 Å². The number of benzene rings is 1. The maximum atomic E-state index is 12.3. The first-order valence-electron chi connectivity index (χ1n) is 13.2. The van der Waals surface area contributed by atoms with Crippen molar-refractivity contribution in [2.75, 3.05) is 78.6 Å². The highest BCUT2D eigenvalue weighted by Gasteiger charge is 2.24. The molecule has 0 saturated carbocycles. The van der Waals surface area contributed by atoms with Gasteiger partial charge in [-0.05, 0) is 39.0 Å². The molecule has 4 N–H and O–H groups in total. The number of hydrazone groups is 2. The fourth-order valence-electron chi connectivity index (χ4n) is 3.81. The largest absolute Gasteiger partial charge is 0.495 e. The summed E-state index contributed by atoms with van der Waals surface area (Å²) in [6, 6.07) is 4.10. The van der Waals surface area contributed by atoms with Crippen molar-refractivity contribution in [1.29, 1.82) is 0 Å². The molecule has 0 aliphatic carbocycles. The summed E-state index contributed by atoms with van der Waals surface area (Å²) < 4.78 is 5.27. The highest BCUT2D eigenvalue weighted by molar-refractivity contribution is 8.14. The number of nitrogens with one attached hydrogen (secondary N) is 4. The summed E-state index contributed by atoms with van der Waals surface area (Å²) in [6.07, 6.45) is 0. The van der Waals surface area contributed by atoms with Crippen LogP contribution in [0.25, 0.3) is 0 Å². The molecule has 1 aromatic carbocycles. The van der Waals surface area contributed by atoms with E-state index in [4.69, 9.17) is 4.74 Å². The van der Waals surface area contributed by atoms with Crippen molar-refractivity contribution in [1.82, 2.24) is 35.8 Å². The number of amidine groups is 1. The van der Waals surface area contributed by atoms with Gasteiger partial charge in [0.25, 0.3) is 5.91 Å². The Morgan fingerprint density at radius 1 is 0.950 bits per heavy atom. The lowest BCUT2D eigenvalue weighted by Gasteiger charge is -2.20. The number of urea groups is 2. The molecule has 2 saturated heterocycles. The minimum absolute atomic E-state index is 0.163. The summed E-state index contributed by atoms with van der Waals surface area (Å²) in [5.74, 6) is 2.09. The van der Waals surface area contributed by atoms with Gasteiger partial charge in [0.05, 0.1) is 12.8 Å². The minimum Gasteiger partial charge on any atom is -0.495 e. The number of guanidine groups is 1. The summed E-state index contributed by atoms with van der Waals surface area (Å²) in [5, 5.41) is 14.3. The number of anilines is 1. The Labute approximate surface area is 240 Å². The first-order valence-corrected chi connectivity index (χ1v) is 14.1. The van der Waals surface area contributed by atoms with Crippen LogP contribution >= 0.6 is 11.8 Å². The first-order chi connectivity index (χ1) is 19.2. The zero-order valence-corrected chi connectivity index (χ0v) is 25.2. The van der Waals surface area contributed by atoms with E-state index in [0.29, 0.717) is 17.0 Å². The second kappa shape index (κ2) is 16.3. The Morgan fingerprint density at radius 3 is 2.12 bits per heavy atom. The van der Waals surface area contributed by atoms with Gasteiger partial charge in [-0.25, -0.2) is 20.4 Å². The van der Waals surface area contributed by atoms with Crippen LogP contribution in [-0.4, -0.2) is 122 Å². The molecule has 2 aliphatic heterocycles. The normalized spacial score (nSPS) is 15.3. The number of hydrogen-bond donors (Lipinski definition) is 4. The summed E-state index contributed by atoms with van der Waals surface area (Å²) >= 11 is 1.66. The van der Waals surface area contributed by atoms with Gasteiger partial charge in [0.1, 0.15) is 5.75 Å². The first kappa shape index (κ1) is 32.3. The van der Waals surface area contributed by atoms with E-state index in [9.17, 15) is 14.4 Å². The van der Waals surface area contributed by atoms with Crippen LogP contribution < -0.4 is 26.2 Å². The van der Waals surface area contributed by atoms with Gasteiger partial charge >= 0.3 is 12.1 Å². The average Bonchev–Trinajstić information content (AvgIpc) is 3.60. The topological polar surface area (TPSA) is 146 Å². The molecule has 14 nitrogen and oxygen atoms in total. The summed E-state index contributed by atoms with van der Waals surface area (Å²) in [4.78, 5) is 43.1. The molecule has 1 aromatic rings. The Bertz CT molecular complexity index is 1070. The van der Waals surface area contributed by atoms with Crippen LogP contribution in [0.4, 0.5) is 15.3 Å². The highest BCUT2D eigenvalue weighted by Crippen LogP contribution is 2.26. The zero-order valence-electron chi connectivity index (χ0n) is 24.4. The minimum atomic E-state index is -0.505. The molecule has 2 heterocycles. The SMILES string of the molecule is CCN1CCN(CC)C1=NNC(=O)Nc1cc(C(=O)N(C)C)ccc1OC.CCN1CCS/C1=N/NC(=O)NC. The third kappa shape index (κ3) is 9.10. The van der Waals surface area contributed by atoms with Gasteiger partial charge in [0, 0.05) is 71.7 Å². The van der Waals surface area contributed by atoms with Crippen LogP contribution in [-0.2, 0) is 0 Å². The van der Waals surface area contributed by atoms with Gasteiger partial charge in [-0.2, -0.15) is 0 Å². The van der Waals surface area contributed by atoms with Crippen molar-refractivity contribution in [3.8, 4) is 5.75 Å². The Hall–Kier alpha value is -3.88. The van der Waals surface area contributed by atoms with Crippen molar-refractivity contribution in [2.24, 2.45) is 10.2 Å². The van der Waals surface area contributed by atoms with E-state index in [-0.39, 0.29) is 11.9 Å². The Kier molecular flexibility index (Phi) is 13.2. The van der Waals surface area contributed by atoms with Gasteiger partial charge in [-0.3, -0.25) is 4.79 Å². The van der Waals surface area contributed by atoms with E-state index in [1.165, 1.54) is 12.0 Å². The Balaban J connectivity index is 0.000000360. The molecule has 2 aliphatic rings. The van der Waals surface area contributed by atoms with Crippen molar-refractivity contribution >= 4 is 46.5 Å². The van der Waals surface area contributed by atoms with Gasteiger partial charge in [0.15, 0.2) is 5.17 Å². The van der Waals surface area contributed by atoms with Gasteiger partial charge < -0.3 is 35.0 Å². The molecule has 0 spiro atoms. The molecule has 0 radical (unpaired) electrons. The molecule has 0 atom stereocenters. The van der Waals surface area contributed by atoms with E-state index in [1.807, 2.05) is 13.8 Å². The molecule has 0 unspecified atom stereocenters. The molecule has 2 fully saturated rings. The molecule has 15 heteroatoms. The second-order valence-electron chi connectivity index (χ2n) is 8.77. The van der Waals surface area contributed by atoms with Crippen molar-refractivity contribution in [2.45, 2.75) is 20.8 Å². The summed E-state index contributed by atoms with van der Waals surface area (Å²) in [6.45, 7) is 11.5. The van der Waals surface area contributed by atoms with Gasteiger partial charge in [0.2, 0.25) is 5.96 Å². The third-order valence-corrected chi connectivity index (χ3v) is 7.05. The van der Waals surface area contributed by atoms with Crippen LogP contribution in [0.5, 0.6) is 5.75 Å². The lowest BCUT2D eigenvalue weighted by Crippen LogP contribution is -2.37. The second-order valence-corrected chi connectivity index (χ2v) is 9.83. The number of carbonyl (C=O) groups excluding carboxylic acids is 3. The van der Waals surface area contributed by atoms with E-state index >= 15 is 0 Å². The smallest absolute Gasteiger partial charge is 0.339 e. The molecule has 40 heavy (non-hydrogen) atoms. The maximum absolute atomic E-state index is 12.3. The lowest BCUT2D eigenvalue weighted by molar-refractivity contribution is 0.0827. The number of carbonyl (C=O) groups is 3. The van der Waals surface area contributed by atoms with Crippen LogP contribution in [0, 0.1) is 0 Å². The van der Waals surface area contributed by atoms with Crippen LogP contribution in [0.3, 0.4) is 0 Å². The van der Waals surface area contributed by atoms with Crippen LogP contribution in [0.1, 0.15) is 31.1 Å². The number of ether oxygens (including phenoxy) is 1. The molecule has 222 valence electrons. The van der Waals surface area contributed by atoms with E-state index < -0.39 is 6.03 Å². The fourth-order valence-corrected chi connectivity index (χ4v) is 4.82. The fraction of sp³-hybridized carbons (Fsp3) is 0.560. The number of hydrogen-bond acceptors (Lipinski definition) is 7. The van der Waals surface area contributed by atoms with E-state index in [0.717, 1.165) is 56.1 Å². The van der Waals surface area contributed by atoms with Crippen LogP contribution in [0.15, 0.2) is 28.4 Å². The average molecular weight is 579 g/mol. The number of likely N-dealkylation sites (N-methyl/N-ethyl adjacent to an activating group) is 2. The van der Waals surface area contributed by atoms with E-state index in [1.54, 1.807) is 51.1 Å². The lowest BCUT2D eigenvalue weighted by atomic mass is 10.1. The number of methoxy groups -OCH3 is 1. The predicted molar refractivity (Wildman–Crippen MR) is 160 cm³/mol. The van der Waals surface area contributed by atoms with Gasteiger partial charge in [-0.15, -0.1) is 10.2 Å². The summed E-state index contributed by atoms with van der Waals surface area (Å²) in [5.41, 5.74) is 5.79. The highest BCUT2D eigenvalue weighted by atomic mass is 32.2. The molecule has 0 bridgehead atoms. The number of nitrogens with zero attached hydrogens (tertiary/aromatic N) is 6. The van der Waals surface area contributed by atoms with Crippen molar-refractivity contribution in [3.05, 3.63) is 23.8 Å². The standard InChI is InChI=1S/C18H28N6O3.C7H14N4OS/c1-6-23-10-11-24(7-2)18(23)21-20-17(26)19-14-12-13(16(25)22(3)4)8-9-15(14)27-5;1-3-11-4-5-13-7(11)10-9-6(12)8-2/h8-9,12H,6-7,10-11H2,1-5H3,(H2,19,20,26);3-5H2,1-2H3,(H2,8,9,12)/b;10-7+. The number of rotatable bonds is 8. The molecule has 3 rings (SSSR count). The summed E-state index contributed by atoms with van der Waals surface area (Å²) in [7, 11) is 6.41.